The third-order valence-corrected chi connectivity index (χ3v) is 3.75. The Bertz CT molecular complexity index is 580. The molecule has 21 heavy (non-hydrogen) atoms. The molecule has 1 N–H and O–H groups in total. The molecule has 1 aliphatic heterocycles. The van der Waals surface area contributed by atoms with Gasteiger partial charge in [0.15, 0.2) is 12.4 Å². The molecule has 2 heterocycles. The average molecular weight is 308 g/mol. The van der Waals surface area contributed by atoms with Gasteiger partial charge in [-0.3, -0.25) is 0 Å². The lowest BCUT2D eigenvalue weighted by atomic mass is 10.1. The number of nitrogens with one attached hydrogen (secondary N) is 1. The van der Waals surface area contributed by atoms with Crippen molar-refractivity contribution >= 4 is 11.6 Å². The second-order valence-corrected chi connectivity index (χ2v) is 5.58. The van der Waals surface area contributed by atoms with E-state index in [4.69, 9.17) is 20.9 Å². The topological polar surface area (TPSA) is 60.2 Å². The Balaban J connectivity index is 1.59. The van der Waals surface area contributed by atoms with E-state index in [9.17, 15) is 0 Å². The largest absolute Gasteiger partial charge is 0.484 e. The summed E-state index contributed by atoms with van der Waals surface area (Å²) in [6.45, 7) is 1.26. The summed E-state index contributed by atoms with van der Waals surface area (Å²) in [5.74, 6) is 1.90. The van der Waals surface area contributed by atoms with Crippen molar-refractivity contribution in [2.75, 3.05) is 6.54 Å². The highest BCUT2D eigenvalue weighted by atomic mass is 35.5. The van der Waals surface area contributed by atoms with E-state index in [2.05, 4.69) is 15.5 Å². The third kappa shape index (κ3) is 3.95. The molecule has 0 radical (unpaired) electrons. The molecule has 0 aliphatic carbocycles. The summed E-state index contributed by atoms with van der Waals surface area (Å²) in [5, 5.41) is 8.15. The van der Waals surface area contributed by atoms with Gasteiger partial charge in [0, 0.05) is 5.02 Å². The monoisotopic (exact) mass is 307 g/mol. The van der Waals surface area contributed by atoms with E-state index in [0.717, 1.165) is 18.8 Å². The summed E-state index contributed by atoms with van der Waals surface area (Å²) in [5.41, 5.74) is 0. The number of aromatic nitrogens is 2. The first-order chi connectivity index (χ1) is 10.3. The van der Waals surface area contributed by atoms with Crippen molar-refractivity contribution in [3.05, 3.63) is 41.0 Å². The van der Waals surface area contributed by atoms with Gasteiger partial charge >= 0.3 is 0 Å². The van der Waals surface area contributed by atoms with Gasteiger partial charge in [-0.25, -0.2) is 0 Å². The first-order valence-corrected chi connectivity index (χ1v) is 7.63. The lowest BCUT2D eigenvalue weighted by Crippen LogP contribution is -2.21. The molecular formula is C15H18ClN3O2. The molecule has 1 aromatic heterocycles. The smallest absolute Gasteiger partial charge is 0.264 e. The minimum absolute atomic E-state index is 0.191. The third-order valence-electron chi connectivity index (χ3n) is 3.51. The maximum Gasteiger partial charge on any atom is 0.264 e. The summed E-state index contributed by atoms with van der Waals surface area (Å²) < 4.78 is 10.8. The zero-order valence-electron chi connectivity index (χ0n) is 11.7. The first-order valence-electron chi connectivity index (χ1n) is 7.25. The molecule has 3 rings (SSSR count). The summed E-state index contributed by atoms with van der Waals surface area (Å²) in [7, 11) is 0. The lowest BCUT2D eigenvalue weighted by molar-refractivity contribution is 0.242. The van der Waals surface area contributed by atoms with Crippen LogP contribution < -0.4 is 10.1 Å². The van der Waals surface area contributed by atoms with Crippen LogP contribution in [0.4, 0.5) is 0 Å². The van der Waals surface area contributed by atoms with Crippen LogP contribution in [-0.4, -0.2) is 16.7 Å². The highest BCUT2D eigenvalue weighted by molar-refractivity contribution is 6.30. The molecule has 0 amide bonds. The standard InChI is InChI=1S/C15H18ClN3O2/c16-11-5-4-6-12(9-11)20-10-14-18-15(19-21-14)13-7-2-1-3-8-17-13/h4-6,9,13,17H,1-3,7-8,10H2. The number of nitrogens with zero attached hydrogens (tertiary/aromatic N) is 2. The maximum absolute atomic E-state index is 5.91. The van der Waals surface area contributed by atoms with Crippen molar-refractivity contribution in [2.24, 2.45) is 0 Å². The normalized spacial score (nSPS) is 19.2. The number of rotatable bonds is 4. The van der Waals surface area contributed by atoms with Crippen molar-refractivity contribution in [1.29, 1.82) is 0 Å². The SMILES string of the molecule is Clc1cccc(OCc2nc(C3CCCCCN3)no2)c1. The van der Waals surface area contributed by atoms with Gasteiger partial charge in [-0.1, -0.05) is 35.7 Å². The minimum Gasteiger partial charge on any atom is -0.484 e. The molecule has 1 saturated heterocycles. The van der Waals surface area contributed by atoms with Crippen LogP contribution in [-0.2, 0) is 6.61 Å². The molecule has 2 aromatic rings. The maximum atomic E-state index is 5.91. The van der Waals surface area contributed by atoms with Gasteiger partial charge in [-0.05, 0) is 37.6 Å². The molecule has 1 fully saturated rings. The Morgan fingerprint density at radius 3 is 3.19 bits per heavy atom. The van der Waals surface area contributed by atoms with E-state index >= 15 is 0 Å². The molecule has 0 saturated carbocycles. The molecule has 0 spiro atoms. The number of hydrogen-bond donors (Lipinski definition) is 1. The van der Waals surface area contributed by atoms with Crippen molar-refractivity contribution in [1.82, 2.24) is 15.5 Å². The fourth-order valence-corrected chi connectivity index (χ4v) is 2.60. The molecule has 112 valence electrons. The van der Waals surface area contributed by atoms with Crippen molar-refractivity contribution < 1.29 is 9.26 Å². The summed E-state index contributed by atoms with van der Waals surface area (Å²) >= 11 is 5.91. The van der Waals surface area contributed by atoms with Crippen molar-refractivity contribution in [2.45, 2.75) is 38.3 Å². The number of hydrogen-bond acceptors (Lipinski definition) is 5. The van der Waals surface area contributed by atoms with Crippen LogP contribution in [0, 0.1) is 0 Å². The summed E-state index contributed by atoms with van der Waals surface area (Å²) in [6.07, 6.45) is 4.71. The van der Waals surface area contributed by atoms with Gasteiger partial charge < -0.3 is 14.6 Å². The van der Waals surface area contributed by atoms with Crippen LogP contribution in [0.25, 0.3) is 0 Å². The molecule has 5 nitrogen and oxygen atoms in total. The quantitative estimate of drug-likeness (QED) is 0.936. The van der Waals surface area contributed by atoms with Crippen molar-refractivity contribution in [3.8, 4) is 5.75 Å². The zero-order valence-corrected chi connectivity index (χ0v) is 12.5. The van der Waals surface area contributed by atoms with Gasteiger partial charge in [0.2, 0.25) is 0 Å². The van der Waals surface area contributed by atoms with Gasteiger partial charge in [0.05, 0.1) is 6.04 Å². The minimum atomic E-state index is 0.191. The second kappa shape index (κ2) is 6.91. The Labute approximate surface area is 128 Å². The highest BCUT2D eigenvalue weighted by Crippen LogP contribution is 2.21. The molecule has 1 unspecified atom stereocenters. The molecule has 1 aromatic carbocycles. The zero-order chi connectivity index (χ0) is 14.5. The van der Waals surface area contributed by atoms with Gasteiger partial charge in [0.25, 0.3) is 5.89 Å². The highest BCUT2D eigenvalue weighted by Gasteiger charge is 2.19. The van der Waals surface area contributed by atoms with E-state index in [1.807, 2.05) is 12.1 Å². The predicted molar refractivity (Wildman–Crippen MR) is 79.3 cm³/mol. The van der Waals surface area contributed by atoms with Crippen LogP contribution in [0.2, 0.25) is 5.02 Å². The first kappa shape index (κ1) is 14.4. The lowest BCUT2D eigenvalue weighted by Gasteiger charge is -2.09. The second-order valence-electron chi connectivity index (χ2n) is 5.15. The number of halogens is 1. The van der Waals surface area contributed by atoms with Crippen molar-refractivity contribution in [3.63, 3.8) is 0 Å². The van der Waals surface area contributed by atoms with Gasteiger partial charge in [-0.2, -0.15) is 4.98 Å². The van der Waals surface area contributed by atoms with E-state index in [1.54, 1.807) is 12.1 Å². The number of benzene rings is 1. The van der Waals surface area contributed by atoms with E-state index in [1.165, 1.54) is 19.3 Å². The van der Waals surface area contributed by atoms with Crippen LogP contribution in [0.15, 0.2) is 28.8 Å². The van der Waals surface area contributed by atoms with Gasteiger partial charge in [-0.15, -0.1) is 0 Å². The molecule has 6 heteroatoms. The Kier molecular flexibility index (Phi) is 4.72. The van der Waals surface area contributed by atoms with Gasteiger partial charge in [0.1, 0.15) is 5.75 Å². The Hall–Kier alpha value is -1.59. The summed E-state index contributed by atoms with van der Waals surface area (Å²) in [6, 6.07) is 7.43. The Morgan fingerprint density at radius 2 is 2.29 bits per heavy atom. The molecular weight excluding hydrogens is 290 g/mol. The van der Waals surface area contributed by atoms with E-state index in [0.29, 0.717) is 16.7 Å². The average Bonchev–Trinajstić information content (AvgIpc) is 2.79. The van der Waals surface area contributed by atoms with Crippen LogP contribution in [0.5, 0.6) is 5.75 Å². The molecule has 1 atom stereocenters. The van der Waals surface area contributed by atoms with Crippen LogP contribution in [0.3, 0.4) is 0 Å². The predicted octanol–water partition coefficient (Wildman–Crippen LogP) is 3.51. The Morgan fingerprint density at radius 1 is 1.33 bits per heavy atom. The summed E-state index contributed by atoms with van der Waals surface area (Å²) in [4.78, 5) is 4.41. The van der Waals surface area contributed by atoms with Crippen LogP contribution in [0.1, 0.15) is 43.4 Å². The van der Waals surface area contributed by atoms with E-state index in [-0.39, 0.29) is 12.6 Å². The van der Waals surface area contributed by atoms with E-state index < -0.39 is 0 Å². The fourth-order valence-electron chi connectivity index (χ4n) is 2.42. The number of ether oxygens (including phenoxy) is 1. The van der Waals surface area contributed by atoms with Crippen LogP contribution >= 0.6 is 11.6 Å². The molecule has 1 aliphatic rings. The fraction of sp³-hybridized carbons (Fsp3) is 0.467. The molecule has 0 bridgehead atoms.